The van der Waals surface area contributed by atoms with E-state index in [0.717, 1.165) is 24.3 Å². The molecule has 0 radical (unpaired) electrons. The van der Waals surface area contributed by atoms with E-state index in [9.17, 15) is 26.4 Å². The number of rotatable bonds is 4. The second-order valence-corrected chi connectivity index (χ2v) is 4.04. The van der Waals surface area contributed by atoms with Crippen molar-refractivity contribution >= 4 is 33.9 Å². The highest BCUT2D eigenvalue weighted by Gasteiger charge is 2.12. The Bertz CT molecular complexity index is 539. The van der Waals surface area contributed by atoms with E-state index in [0.29, 0.717) is 0 Å². The lowest BCUT2D eigenvalue weighted by atomic mass is 10.1. The van der Waals surface area contributed by atoms with Gasteiger partial charge >= 0.3 is 33.9 Å². The van der Waals surface area contributed by atoms with Gasteiger partial charge in [-0.05, 0) is 24.3 Å². The van der Waals surface area contributed by atoms with Crippen LogP contribution in [0.5, 0.6) is 0 Å². The van der Waals surface area contributed by atoms with Crippen molar-refractivity contribution in [3.63, 3.8) is 0 Å². The quantitative estimate of drug-likeness (QED) is 0.682. The van der Waals surface area contributed by atoms with Crippen LogP contribution in [0.2, 0.25) is 0 Å². The van der Waals surface area contributed by atoms with Gasteiger partial charge in [0.15, 0.2) is 0 Å². The Kier molecular flexibility index (Phi) is 4.80. The summed E-state index contributed by atoms with van der Waals surface area (Å²) in [5.74, 6) is -2.22. The van der Waals surface area contributed by atoms with E-state index < -0.39 is 33.9 Å². The summed E-state index contributed by atoms with van der Waals surface area (Å²) in [6, 6.07) is 4.37. The topological polar surface area (TPSA) is 121 Å². The van der Waals surface area contributed by atoms with Crippen molar-refractivity contribution in [3.8, 4) is 0 Å². The highest BCUT2D eigenvalue weighted by atomic mass is 32.2. The minimum absolute atomic E-state index is 0.114. The van der Waals surface area contributed by atoms with Crippen LogP contribution in [0.25, 0.3) is 0 Å². The first-order chi connectivity index (χ1) is 8.40. The van der Waals surface area contributed by atoms with Crippen molar-refractivity contribution in [1.29, 1.82) is 0 Å². The first-order valence-corrected chi connectivity index (χ1v) is 6.42. The molecule has 0 unspecified atom stereocenters. The van der Waals surface area contributed by atoms with Crippen LogP contribution in [0.4, 0.5) is 0 Å². The molecule has 0 bridgehead atoms. The molecule has 0 saturated carbocycles. The molecule has 0 atom stereocenters. The minimum Gasteiger partial charge on any atom is -0.343 e. The zero-order valence-corrected chi connectivity index (χ0v) is 10.3. The molecule has 98 valence electrons. The second kappa shape index (κ2) is 6.12. The Morgan fingerprint density at radius 2 is 1.00 bits per heavy atom. The highest BCUT2D eigenvalue weighted by molar-refractivity contribution is 7.67. The van der Waals surface area contributed by atoms with Crippen molar-refractivity contribution in [3.05, 3.63) is 35.4 Å². The SMILES string of the molecule is O=C(O[SH](=O)=O)c1ccc(C(=O)O[SH](=O)=O)cc1. The van der Waals surface area contributed by atoms with Gasteiger partial charge < -0.3 is 8.37 Å². The van der Waals surface area contributed by atoms with E-state index in [2.05, 4.69) is 8.37 Å². The molecule has 0 aliphatic heterocycles. The summed E-state index contributed by atoms with van der Waals surface area (Å²) in [6.45, 7) is 0. The third kappa shape index (κ3) is 4.14. The highest BCUT2D eigenvalue weighted by Crippen LogP contribution is 2.07. The Morgan fingerprint density at radius 3 is 1.22 bits per heavy atom. The summed E-state index contributed by atoms with van der Waals surface area (Å²) in [5, 5.41) is 0. The van der Waals surface area contributed by atoms with Crippen LogP contribution in [-0.4, -0.2) is 28.8 Å². The van der Waals surface area contributed by atoms with Gasteiger partial charge in [-0.2, -0.15) is 16.8 Å². The smallest absolute Gasteiger partial charge is 0.343 e. The van der Waals surface area contributed by atoms with Gasteiger partial charge in [0.2, 0.25) is 0 Å². The lowest BCUT2D eigenvalue weighted by Gasteiger charge is -1.99. The molecule has 0 spiro atoms. The molecule has 1 aromatic carbocycles. The third-order valence-electron chi connectivity index (χ3n) is 1.67. The summed E-state index contributed by atoms with van der Waals surface area (Å²) < 4.78 is 48.3. The molecular formula is C8H6O8S2. The molecular weight excluding hydrogens is 288 g/mol. The summed E-state index contributed by atoms with van der Waals surface area (Å²) in [4.78, 5) is 22.2. The Balaban J connectivity index is 2.86. The van der Waals surface area contributed by atoms with E-state index >= 15 is 0 Å². The van der Waals surface area contributed by atoms with Gasteiger partial charge in [-0.15, -0.1) is 0 Å². The van der Waals surface area contributed by atoms with Gasteiger partial charge in [0.25, 0.3) is 0 Å². The standard InChI is InChI=1S/C8H6O8S2/c9-7(15-17(11)12)5-1-2-6(4-3-5)8(10)16-18(13)14/h1-4,17-18H. The van der Waals surface area contributed by atoms with Crippen molar-refractivity contribution in [2.45, 2.75) is 0 Å². The average Bonchev–Trinajstić information content (AvgIpc) is 2.27. The predicted molar refractivity (Wildman–Crippen MR) is 57.9 cm³/mol. The first-order valence-electron chi connectivity index (χ1n) is 4.23. The molecule has 0 amide bonds. The molecule has 8 nitrogen and oxygen atoms in total. The number of hydrogen-bond donors (Lipinski definition) is 2. The van der Waals surface area contributed by atoms with Gasteiger partial charge in [0.05, 0.1) is 11.1 Å². The molecule has 10 heteroatoms. The van der Waals surface area contributed by atoms with E-state index in [1.807, 2.05) is 0 Å². The molecule has 18 heavy (non-hydrogen) atoms. The van der Waals surface area contributed by atoms with Crippen LogP contribution in [0.1, 0.15) is 20.7 Å². The zero-order chi connectivity index (χ0) is 13.7. The Morgan fingerprint density at radius 1 is 0.722 bits per heavy atom. The molecule has 0 aliphatic carbocycles. The maximum atomic E-state index is 11.1. The van der Waals surface area contributed by atoms with Gasteiger partial charge in [0.1, 0.15) is 0 Å². The molecule has 1 rings (SSSR count). The van der Waals surface area contributed by atoms with Crippen molar-refractivity contribution in [1.82, 2.24) is 0 Å². The predicted octanol–water partition coefficient (Wildman–Crippen LogP) is -0.947. The number of benzene rings is 1. The number of carbonyl (C=O) groups is 2. The van der Waals surface area contributed by atoms with Crippen molar-refractivity contribution in [2.75, 3.05) is 0 Å². The summed E-state index contributed by atoms with van der Waals surface area (Å²) in [5.41, 5.74) is -0.227. The molecule has 0 aromatic heterocycles. The van der Waals surface area contributed by atoms with Crippen molar-refractivity contribution in [2.24, 2.45) is 0 Å². The summed E-state index contributed by atoms with van der Waals surface area (Å²) in [6.07, 6.45) is 0. The largest absolute Gasteiger partial charge is 0.353 e. The molecule has 0 aliphatic rings. The van der Waals surface area contributed by atoms with Crippen LogP contribution in [0, 0.1) is 0 Å². The third-order valence-corrected chi connectivity index (χ3v) is 2.30. The zero-order valence-electron chi connectivity index (χ0n) is 8.47. The van der Waals surface area contributed by atoms with Crippen LogP contribution >= 0.6 is 0 Å². The first kappa shape index (κ1) is 14.1. The molecule has 0 fully saturated rings. The number of carbonyl (C=O) groups excluding carboxylic acids is 2. The van der Waals surface area contributed by atoms with E-state index in [-0.39, 0.29) is 11.1 Å². The lowest BCUT2D eigenvalue weighted by molar-refractivity contribution is 0.0738. The van der Waals surface area contributed by atoms with Gasteiger partial charge in [-0.3, -0.25) is 0 Å². The summed E-state index contributed by atoms with van der Waals surface area (Å²) in [7, 11) is -6.63. The molecule has 0 N–H and O–H groups in total. The average molecular weight is 294 g/mol. The fraction of sp³-hybridized carbons (Fsp3) is 0. The van der Waals surface area contributed by atoms with Gasteiger partial charge in [-0.1, -0.05) is 0 Å². The number of thiol groups is 2. The Labute approximate surface area is 104 Å². The fourth-order valence-corrected chi connectivity index (χ4v) is 1.46. The van der Waals surface area contributed by atoms with Crippen LogP contribution in [-0.2, 0) is 30.3 Å². The molecule has 1 aromatic rings. The van der Waals surface area contributed by atoms with Crippen LogP contribution < -0.4 is 0 Å². The lowest BCUT2D eigenvalue weighted by Crippen LogP contribution is -2.06. The van der Waals surface area contributed by atoms with E-state index in [4.69, 9.17) is 0 Å². The second-order valence-electron chi connectivity index (χ2n) is 2.78. The maximum absolute atomic E-state index is 11.1. The van der Waals surface area contributed by atoms with Crippen LogP contribution in [0.3, 0.4) is 0 Å². The Hall–Kier alpha value is -1.94. The van der Waals surface area contributed by atoms with E-state index in [1.165, 1.54) is 0 Å². The maximum Gasteiger partial charge on any atom is 0.353 e. The number of hydrogen-bond acceptors (Lipinski definition) is 8. The summed E-state index contributed by atoms with van der Waals surface area (Å²) >= 11 is 0. The normalized spacial score (nSPS) is 10.3. The molecule has 0 heterocycles. The monoisotopic (exact) mass is 294 g/mol. The van der Waals surface area contributed by atoms with E-state index in [1.54, 1.807) is 0 Å². The van der Waals surface area contributed by atoms with Gasteiger partial charge in [0, 0.05) is 0 Å². The van der Waals surface area contributed by atoms with Crippen molar-refractivity contribution < 1.29 is 34.8 Å². The van der Waals surface area contributed by atoms with Gasteiger partial charge in [-0.25, -0.2) is 9.59 Å². The fourth-order valence-electron chi connectivity index (χ4n) is 0.983. The molecule has 0 saturated heterocycles. The minimum atomic E-state index is -3.32. The van der Waals surface area contributed by atoms with Crippen LogP contribution in [0.15, 0.2) is 24.3 Å².